The Hall–Kier alpha value is -2.93. The van der Waals surface area contributed by atoms with Crippen LogP contribution in [0.3, 0.4) is 0 Å². The van der Waals surface area contributed by atoms with Crippen molar-refractivity contribution in [2.24, 2.45) is 11.8 Å². The van der Waals surface area contributed by atoms with Crippen LogP contribution in [0.5, 0.6) is 23.0 Å². The molecular weight excluding hydrogens is 364 g/mol. The predicted molar refractivity (Wildman–Crippen MR) is 96.9 cm³/mol. The van der Waals surface area contributed by atoms with Crippen LogP contribution in [-0.4, -0.2) is 38.7 Å². The third kappa shape index (κ3) is 2.36. The van der Waals surface area contributed by atoms with Crippen LogP contribution in [0, 0.1) is 11.8 Å². The lowest BCUT2D eigenvalue weighted by atomic mass is 9.66. The number of hydrogen-bond donors (Lipinski definition) is 1. The van der Waals surface area contributed by atoms with Crippen LogP contribution in [-0.2, 0) is 9.53 Å². The van der Waals surface area contributed by atoms with Crippen molar-refractivity contribution in [1.29, 1.82) is 0 Å². The molecule has 0 aromatic heterocycles. The highest BCUT2D eigenvalue weighted by atomic mass is 16.7. The highest BCUT2D eigenvalue weighted by Crippen LogP contribution is 2.54. The number of cyclic esters (lactones) is 1. The van der Waals surface area contributed by atoms with Gasteiger partial charge in [-0.1, -0.05) is 6.07 Å². The van der Waals surface area contributed by atoms with Gasteiger partial charge in [0.1, 0.15) is 0 Å². The number of methoxy groups -OCH3 is 2. The van der Waals surface area contributed by atoms with Gasteiger partial charge in [0.25, 0.3) is 0 Å². The lowest BCUT2D eigenvalue weighted by molar-refractivity contribution is -0.141. The molecule has 1 fully saturated rings. The van der Waals surface area contributed by atoms with Crippen molar-refractivity contribution >= 4 is 5.97 Å². The van der Waals surface area contributed by atoms with E-state index in [9.17, 15) is 9.90 Å². The molecule has 1 N–H and O–H groups in total. The maximum absolute atomic E-state index is 12.6. The van der Waals surface area contributed by atoms with Crippen molar-refractivity contribution in [2.75, 3.05) is 27.6 Å². The second kappa shape index (κ2) is 6.31. The van der Waals surface area contributed by atoms with Crippen molar-refractivity contribution in [1.82, 2.24) is 0 Å². The first-order valence-corrected chi connectivity index (χ1v) is 9.12. The van der Waals surface area contributed by atoms with E-state index in [0.29, 0.717) is 23.0 Å². The summed E-state index contributed by atoms with van der Waals surface area (Å²) in [7, 11) is 3.15. The summed E-state index contributed by atoms with van der Waals surface area (Å²) in [5.41, 5.74) is 2.46. The van der Waals surface area contributed by atoms with Crippen LogP contribution in [0.2, 0.25) is 0 Å². The fraction of sp³-hybridized carbons (Fsp3) is 0.381. The molecule has 0 saturated carbocycles. The van der Waals surface area contributed by atoms with Gasteiger partial charge in [0.15, 0.2) is 23.0 Å². The number of aliphatic hydroxyl groups excluding tert-OH is 1. The van der Waals surface area contributed by atoms with Gasteiger partial charge in [0.2, 0.25) is 6.79 Å². The van der Waals surface area contributed by atoms with Crippen LogP contribution >= 0.6 is 0 Å². The summed E-state index contributed by atoms with van der Waals surface area (Å²) in [6.07, 6.45) is -0.808. The Morgan fingerprint density at radius 2 is 1.68 bits per heavy atom. The molecule has 146 valence electrons. The average molecular weight is 384 g/mol. The fourth-order valence-corrected chi connectivity index (χ4v) is 4.58. The molecule has 2 aliphatic heterocycles. The molecule has 1 unspecified atom stereocenters. The smallest absolute Gasteiger partial charge is 0.310 e. The Morgan fingerprint density at radius 3 is 2.39 bits per heavy atom. The number of benzene rings is 2. The Morgan fingerprint density at radius 1 is 0.964 bits per heavy atom. The second-order valence-corrected chi connectivity index (χ2v) is 7.19. The number of aliphatic hydroxyl groups is 1. The lowest BCUT2D eigenvalue weighted by Gasteiger charge is -2.36. The van der Waals surface area contributed by atoms with Crippen LogP contribution in [0.15, 0.2) is 30.3 Å². The standard InChI is InChI=1S/C21H20O7/c1-24-14-4-3-10(5-15(14)25-2)18-11-6-16-17(28-9-27-16)7-12(11)20(22)13-8-26-21(23)19(13)18/h3-7,13,18-20,22H,8-9H2,1-2H3/t13?,18-,19-,20+/m1/s1. The molecule has 0 radical (unpaired) electrons. The van der Waals surface area contributed by atoms with Gasteiger partial charge in [-0.15, -0.1) is 0 Å². The summed E-state index contributed by atoms with van der Waals surface area (Å²) in [5.74, 6) is 1.00. The van der Waals surface area contributed by atoms with Gasteiger partial charge in [-0.05, 0) is 41.0 Å². The summed E-state index contributed by atoms with van der Waals surface area (Å²) in [4.78, 5) is 12.6. The van der Waals surface area contributed by atoms with E-state index in [1.165, 1.54) is 0 Å². The molecule has 7 nitrogen and oxygen atoms in total. The number of carbonyl (C=O) groups excluding carboxylic acids is 1. The van der Waals surface area contributed by atoms with E-state index in [1.54, 1.807) is 14.2 Å². The second-order valence-electron chi connectivity index (χ2n) is 7.19. The molecule has 2 aromatic rings. The Balaban J connectivity index is 1.71. The minimum atomic E-state index is -0.808. The Kier molecular flexibility index (Phi) is 3.87. The molecule has 28 heavy (non-hydrogen) atoms. The number of fused-ring (bicyclic) bond motifs is 3. The Bertz CT molecular complexity index is 954. The van der Waals surface area contributed by atoms with Crippen molar-refractivity contribution in [3.05, 3.63) is 47.0 Å². The molecule has 0 spiro atoms. The summed E-state index contributed by atoms with van der Waals surface area (Å²) in [6, 6.07) is 9.29. The zero-order valence-corrected chi connectivity index (χ0v) is 15.5. The molecule has 4 atom stereocenters. The number of hydrogen-bond acceptors (Lipinski definition) is 7. The van der Waals surface area contributed by atoms with E-state index >= 15 is 0 Å². The summed E-state index contributed by atoms with van der Waals surface area (Å²) < 4.78 is 27.2. The van der Waals surface area contributed by atoms with Gasteiger partial charge in [-0.25, -0.2) is 0 Å². The van der Waals surface area contributed by atoms with E-state index in [-0.39, 0.29) is 31.2 Å². The summed E-state index contributed by atoms with van der Waals surface area (Å²) in [5, 5.41) is 11.0. The maximum atomic E-state index is 12.6. The van der Waals surface area contributed by atoms with Crippen molar-refractivity contribution < 1.29 is 33.6 Å². The van der Waals surface area contributed by atoms with Gasteiger partial charge < -0.3 is 28.8 Å². The number of carbonyl (C=O) groups is 1. The van der Waals surface area contributed by atoms with Gasteiger partial charge in [0.05, 0.1) is 32.8 Å². The van der Waals surface area contributed by atoms with Gasteiger partial charge in [-0.3, -0.25) is 4.79 Å². The minimum absolute atomic E-state index is 0.143. The SMILES string of the molecule is COc1ccc([C@@H]2c3cc4c(cc3[C@H](O)C3COC(=O)[C@H]32)OCO4)cc1OC. The topological polar surface area (TPSA) is 83.5 Å². The third-order valence-corrected chi connectivity index (χ3v) is 5.91. The van der Waals surface area contributed by atoms with Gasteiger partial charge in [0, 0.05) is 11.8 Å². The average Bonchev–Trinajstić information content (AvgIpc) is 3.33. The van der Waals surface area contributed by atoms with Crippen LogP contribution in [0.25, 0.3) is 0 Å². The van der Waals surface area contributed by atoms with E-state index < -0.39 is 12.0 Å². The van der Waals surface area contributed by atoms with Gasteiger partial charge >= 0.3 is 5.97 Å². The van der Waals surface area contributed by atoms with Crippen LogP contribution in [0.1, 0.15) is 28.7 Å². The van der Waals surface area contributed by atoms with E-state index in [1.807, 2.05) is 30.3 Å². The minimum Gasteiger partial charge on any atom is -0.493 e. The van der Waals surface area contributed by atoms with Crippen molar-refractivity contribution in [3.8, 4) is 23.0 Å². The first kappa shape index (κ1) is 17.2. The lowest BCUT2D eigenvalue weighted by Crippen LogP contribution is -2.34. The van der Waals surface area contributed by atoms with Crippen LogP contribution < -0.4 is 18.9 Å². The molecule has 5 rings (SSSR count). The normalized spacial score (nSPS) is 27.0. The Labute approximate surface area is 161 Å². The van der Waals surface area contributed by atoms with Crippen molar-refractivity contribution in [2.45, 2.75) is 12.0 Å². The largest absolute Gasteiger partial charge is 0.493 e. The third-order valence-electron chi connectivity index (χ3n) is 5.91. The molecule has 7 heteroatoms. The molecule has 0 amide bonds. The van der Waals surface area contributed by atoms with Crippen molar-refractivity contribution in [3.63, 3.8) is 0 Å². The number of esters is 1. The number of ether oxygens (including phenoxy) is 5. The summed E-state index contributed by atoms with van der Waals surface area (Å²) in [6.45, 7) is 0.340. The quantitative estimate of drug-likeness (QED) is 0.814. The van der Waals surface area contributed by atoms with Gasteiger partial charge in [-0.2, -0.15) is 0 Å². The maximum Gasteiger partial charge on any atom is 0.310 e. The highest BCUT2D eigenvalue weighted by molar-refractivity contribution is 5.78. The summed E-state index contributed by atoms with van der Waals surface area (Å²) >= 11 is 0. The van der Waals surface area contributed by atoms with E-state index in [2.05, 4.69) is 0 Å². The van der Waals surface area contributed by atoms with Crippen LogP contribution in [0.4, 0.5) is 0 Å². The molecular formula is C21H20O7. The molecule has 1 aliphatic carbocycles. The molecule has 2 heterocycles. The molecule has 3 aliphatic rings. The monoisotopic (exact) mass is 384 g/mol. The zero-order chi connectivity index (χ0) is 19.4. The number of rotatable bonds is 3. The predicted octanol–water partition coefficient (Wildman–Crippen LogP) is 2.40. The van der Waals surface area contributed by atoms with E-state index in [4.69, 9.17) is 23.7 Å². The first-order chi connectivity index (χ1) is 13.6. The zero-order valence-electron chi connectivity index (χ0n) is 15.5. The first-order valence-electron chi connectivity index (χ1n) is 9.12. The highest BCUT2D eigenvalue weighted by Gasteiger charge is 2.52. The molecule has 1 saturated heterocycles. The fourth-order valence-electron chi connectivity index (χ4n) is 4.58. The van der Waals surface area contributed by atoms with E-state index in [0.717, 1.165) is 16.7 Å². The molecule has 2 aromatic carbocycles. The molecule has 0 bridgehead atoms.